The van der Waals surface area contributed by atoms with Crippen molar-refractivity contribution in [3.05, 3.63) is 47.3 Å². The minimum Gasteiger partial charge on any atom is -0.372 e. The summed E-state index contributed by atoms with van der Waals surface area (Å²) in [5.74, 6) is -0.0722. The molecule has 2 saturated heterocycles. The van der Waals surface area contributed by atoms with Crippen molar-refractivity contribution >= 4 is 17.6 Å². The number of nitrogens with two attached hydrogens (primary N) is 1. The van der Waals surface area contributed by atoms with E-state index >= 15 is 0 Å². The summed E-state index contributed by atoms with van der Waals surface area (Å²) in [6.45, 7) is 2.96. The van der Waals surface area contributed by atoms with E-state index in [0.717, 1.165) is 43.5 Å². The van der Waals surface area contributed by atoms with Gasteiger partial charge in [0, 0.05) is 50.6 Å². The van der Waals surface area contributed by atoms with Gasteiger partial charge in [-0.05, 0) is 62.3 Å². The molecule has 0 radical (unpaired) electrons. The van der Waals surface area contributed by atoms with E-state index in [1.54, 1.807) is 11.0 Å². The Balaban J connectivity index is 1.22. The van der Waals surface area contributed by atoms with E-state index in [1.807, 2.05) is 22.9 Å². The molecule has 36 heavy (non-hydrogen) atoms. The van der Waals surface area contributed by atoms with Crippen molar-refractivity contribution in [2.45, 2.75) is 44.4 Å². The summed E-state index contributed by atoms with van der Waals surface area (Å²) in [6, 6.07) is 4.61. The molecule has 1 aliphatic carbocycles. The lowest BCUT2D eigenvalue weighted by Crippen LogP contribution is -2.36. The van der Waals surface area contributed by atoms with Crippen molar-refractivity contribution in [1.29, 1.82) is 0 Å². The van der Waals surface area contributed by atoms with Gasteiger partial charge in [-0.3, -0.25) is 9.69 Å². The lowest BCUT2D eigenvalue weighted by atomic mass is 10.0. The molecule has 2 aliphatic heterocycles. The van der Waals surface area contributed by atoms with E-state index in [-0.39, 0.29) is 36.0 Å². The Morgan fingerprint density at radius 2 is 1.81 bits per heavy atom. The highest BCUT2D eigenvalue weighted by molar-refractivity contribution is 5.93. The molecule has 5 rings (SSSR count). The van der Waals surface area contributed by atoms with E-state index in [4.69, 9.17) is 5.73 Å². The second-order valence-electron chi connectivity index (χ2n) is 10.3. The molecule has 1 aromatic carbocycles. The van der Waals surface area contributed by atoms with Crippen molar-refractivity contribution in [3.8, 4) is 0 Å². The Morgan fingerprint density at radius 3 is 2.39 bits per heavy atom. The summed E-state index contributed by atoms with van der Waals surface area (Å²) in [4.78, 5) is 29.8. The van der Waals surface area contributed by atoms with Crippen molar-refractivity contribution in [3.63, 3.8) is 0 Å². The van der Waals surface area contributed by atoms with Crippen LogP contribution < -0.4 is 10.6 Å². The molecule has 2 amide bonds. The fraction of sp³-hybridized carbons (Fsp3) is 0.560. The lowest BCUT2D eigenvalue weighted by Gasteiger charge is -2.28. The fourth-order valence-electron chi connectivity index (χ4n) is 6.02. The molecule has 1 saturated carbocycles. The topological polar surface area (TPSA) is 87.7 Å². The number of benzene rings is 1. The standard InChI is InChI=1S/C25H31F3N6O2/c1-31(12-16-4-5-20(32-6-2-3-7-32)10-22(16)25(26,27)28)21-8-17-13-33(14-18(17)9-21)24(36)34-15-19(11-30-34)23(29)35/h4-5,10-11,15,17-18,21H,2-3,6-9,12-14H2,1H3,(H2,29,35)/t17-,18+,21-. The number of amides is 2. The monoisotopic (exact) mass is 504 g/mol. The number of likely N-dealkylation sites (tertiary alicyclic amines) is 1. The molecule has 2 aromatic rings. The van der Waals surface area contributed by atoms with Gasteiger partial charge < -0.3 is 15.5 Å². The maximum absolute atomic E-state index is 13.9. The minimum absolute atomic E-state index is 0.155. The first kappa shape index (κ1) is 24.6. The van der Waals surface area contributed by atoms with Crippen LogP contribution in [0.3, 0.4) is 0 Å². The van der Waals surface area contributed by atoms with Crippen LogP contribution in [0.15, 0.2) is 30.6 Å². The summed E-state index contributed by atoms with van der Waals surface area (Å²) < 4.78 is 42.9. The van der Waals surface area contributed by atoms with Crippen molar-refractivity contribution in [2.24, 2.45) is 17.6 Å². The number of alkyl halides is 3. The predicted molar refractivity (Wildman–Crippen MR) is 127 cm³/mol. The van der Waals surface area contributed by atoms with Crippen LogP contribution in [0.25, 0.3) is 0 Å². The molecule has 3 aliphatic rings. The molecule has 194 valence electrons. The zero-order valence-corrected chi connectivity index (χ0v) is 20.2. The minimum atomic E-state index is -4.40. The number of carbonyl (C=O) groups is 2. The van der Waals surface area contributed by atoms with Gasteiger partial charge in [0.15, 0.2) is 0 Å². The molecule has 0 spiro atoms. The fourth-order valence-corrected chi connectivity index (χ4v) is 6.02. The van der Waals surface area contributed by atoms with Crippen LogP contribution in [0.1, 0.15) is 47.2 Å². The first-order valence-electron chi connectivity index (χ1n) is 12.4. The average Bonchev–Trinajstić information content (AvgIpc) is 3.62. The van der Waals surface area contributed by atoms with Crippen LogP contribution >= 0.6 is 0 Å². The largest absolute Gasteiger partial charge is 0.416 e. The predicted octanol–water partition coefficient (Wildman–Crippen LogP) is 3.41. The Bertz CT molecular complexity index is 1130. The maximum Gasteiger partial charge on any atom is 0.416 e. The van der Waals surface area contributed by atoms with Gasteiger partial charge in [0.2, 0.25) is 0 Å². The molecular weight excluding hydrogens is 473 g/mol. The Kier molecular flexibility index (Phi) is 6.44. The van der Waals surface area contributed by atoms with Gasteiger partial charge in [-0.2, -0.15) is 23.0 Å². The molecule has 3 fully saturated rings. The Hall–Kier alpha value is -3.08. The van der Waals surface area contributed by atoms with E-state index in [1.165, 1.54) is 18.5 Å². The Morgan fingerprint density at radius 1 is 1.14 bits per heavy atom. The van der Waals surface area contributed by atoms with Crippen molar-refractivity contribution in [1.82, 2.24) is 19.6 Å². The molecule has 2 N–H and O–H groups in total. The zero-order valence-electron chi connectivity index (χ0n) is 20.2. The van der Waals surface area contributed by atoms with E-state index in [2.05, 4.69) is 5.10 Å². The number of aromatic nitrogens is 2. The van der Waals surface area contributed by atoms with Crippen LogP contribution in [0.2, 0.25) is 0 Å². The van der Waals surface area contributed by atoms with Gasteiger partial charge >= 0.3 is 12.2 Å². The zero-order chi connectivity index (χ0) is 25.6. The van der Waals surface area contributed by atoms with Crippen molar-refractivity contribution < 1.29 is 22.8 Å². The number of nitrogens with zero attached hydrogens (tertiary/aromatic N) is 5. The highest BCUT2D eigenvalue weighted by Crippen LogP contribution is 2.41. The van der Waals surface area contributed by atoms with Crippen LogP contribution in [0.4, 0.5) is 23.7 Å². The first-order valence-corrected chi connectivity index (χ1v) is 12.4. The molecule has 0 unspecified atom stereocenters. The number of fused-ring (bicyclic) bond motifs is 1. The summed E-state index contributed by atoms with van der Waals surface area (Å²) >= 11 is 0. The lowest BCUT2D eigenvalue weighted by molar-refractivity contribution is -0.138. The summed E-state index contributed by atoms with van der Waals surface area (Å²) in [5.41, 5.74) is 5.80. The van der Waals surface area contributed by atoms with Gasteiger partial charge in [-0.15, -0.1) is 0 Å². The SMILES string of the molecule is CN(Cc1ccc(N2CCCC2)cc1C(F)(F)F)[C@@H]1C[C@@H]2CN(C(=O)n3cc(C(N)=O)cn3)C[C@@H]2C1. The average molecular weight is 505 g/mol. The number of primary amides is 1. The molecule has 8 nitrogen and oxygen atoms in total. The van der Waals surface area contributed by atoms with Crippen LogP contribution in [0, 0.1) is 11.8 Å². The van der Waals surface area contributed by atoms with E-state index < -0.39 is 17.6 Å². The number of hydrogen-bond donors (Lipinski definition) is 1. The Labute approximate surface area is 207 Å². The number of hydrogen-bond acceptors (Lipinski definition) is 5. The molecule has 3 heterocycles. The van der Waals surface area contributed by atoms with Gasteiger partial charge in [-0.25, -0.2) is 4.79 Å². The highest BCUT2D eigenvalue weighted by atomic mass is 19.4. The summed E-state index contributed by atoms with van der Waals surface area (Å²) in [7, 11) is 1.89. The summed E-state index contributed by atoms with van der Waals surface area (Å²) in [5, 5.41) is 3.95. The first-order chi connectivity index (χ1) is 17.1. The normalized spacial score (nSPS) is 24.1. The third-order valence-corrected chi connectivity index (χ3v) is 7.97. The molecule has 3 atom stereocenters. The van der Waals surface area contributed by atoms with E-state index in [0.29, 0.717) is 24.3 Å². The second-order valence-corrected chi connectivity index (χ2v) is 10.3. The quantitative estimate of drug-likeness (QED) is 0.675. The summed E-state index contributed by atoms with van der Waals surface area (Å²) in [6.07, 6.45) is 1.87. The third-order valence-electron chi connectivity index (χ3n) is 7.97. The molecule has 11 heteroatoms. The maximum atomic E-state index is 13.9. The van der Waals surface area contributed by atoms with Gasteiger partial charge in [0.05, 0.1) is 17.3 Å². The molecule has 1 aromatic heterocycles. The number of rotatable bonds is 5. The molecular formula is C25H31F3N6O2. The highest BCUT2D eigenvalue weighted by Gasteiger charge is 2.44. The molecule has 0 bridgehead atoms. The smallest absolute Gasteiger partial charge is 0.372 e. The van der Waals surface area contributed by atoms with Gasteiger partial charge in [0.25, 0.3) is 5.91 Å². The number of anilines is 1. The van der Waals surface area contributed by atoms with E-state index in [9.17, 15) is 22.8 Å². The number of carbonyl (C=O) groups excluding carboxylic acids is 2. The van der Waals surface area contributed by atoms with Crippen molar-refractivity contribution in [2.75, 3.05) is 38.1 Å². The van der Waals surface area contributed by atoms with Crippen LogP contribution in [-0.2, 0) is 12.7 Å². The number of halogens is 3. The van der Waals surface area contributed by atoms with Crippen LogP contribution in [-0.4, -0.2) is 70.8 Å². The van der Waals surface area contributed by atoms with Gasteiger partial charge in [-0.1, -0.05) is 6.07 Å². The van der Waals surface area contributed by atoms with Gasteiger partial charge in [0.1, 0.15) is 0 Å². The third kappa shape index (κ3) is 4.80. The second kappa shape index (κ2) is 9.42. The van der Waals surface area contributed by atoms with Crippen LogP contribution in [0.5, 0.6) is 0 Å².